The topological polar surface area (TPSA) is 28.2 Å². The molecule has 2 heterocycles. The lowest BCUT2D eigenvalue weighted by atomic mass is 10.2. The maximum absolute atomic E-state index is 4.54. The summed E-state index contributed by atoms with van der Waals surface area (Å²) in [6.45, 7) is 6.27. The highest BCUT2D eigenvalue weighted by molar-refractivity contribution is 5.15. The van der Waals surface area contributed by atoms with E-state index in [9.17, 15) is 0 Å². The fourth-order valence-electron chi connectivity index (χ4n) is 2.93. The number of benzene rings is 1. The lowest BCUT2D eigenvalue weighted by molar-refractivity contribution is 0.319. The molecule has 2 aromatic rings. The van der Waals surface area contributed by atoms with Gasteiger partial charge >= 0.3 is 0 Å². The minimum atomic E-state index is 0.580. The summed E-state index contributed by atoms with van der Waals surface area (Å²) in [4.78, 5) is 7.07. The van der Waals surface area contributed by atoms with Gasteiger partial charge in [0.25, 0.3) is 0 Å². The SMILES string of the molecule is Cc1cccc(CNC2CCN(Cc3ccccc3)C2)n1. The van der Waals surface area contributed by atoms with Gasteiger partial charge in [-0.1, -0.05) is 36.4 Å². The molecule has 3 nitrogen and oxygen atoms in total. The van der Waals surface area contributed by atoms with Gasteiger partial charge in [0, 0.05) is 37.9 Å². The first-order valence-corrected chi connectivity index (χ1v) is 7.72. The van der Waals surface area contributed by atoms with Crippen LogP contribution in [0.5, 0.6) is 0 Å². The Bertz CT molecular complexity index is 568. The Labute approximate surface area is 127 Å². The summed E-state index contributed by atoms with van der Waals surface area (Å²) >= 11 is 0. The van der Waals surface area contributed by atoms with Gasteiger partial charge in [-0.25, -0.2) is 0 Å². The molecule has 21 heavy (non-hydrogen) atoms. The lowest BCUT2D eigenvalue weighted by Gasteiger charge is -2.16. The van der Waals surface area contributed by atoms with Gasteiger partial charge in [-0.15, -0.1) is 0 Å². The highest BCUT2D eigenvalue weighted by atomic mass is 15.2. The van der Waals surface area contributed by atoms with E-state index in [4.69, 9.17) is 0 Å². The zero-order valence-electron chi connectivity index (χ0n) is 12.6. The number of rotatable bonds is 5. The fourth-order valence-corrected chi connectivity index (χ4v) is 2.93. The highest BCUT2D eigenvalue weighted by Crippen LogP contribution is 2.13. The molecular weight excluding hydrogens is 258 g/mol. The molecule has 3 heteroatoms. The molecule has 1 unspecified atom stereocenters. The van der Waals surface area contributed by atoms with Crippen molar-refractivity contribution in [2.45, 2.75) is 32.5 Å². The van der Waals surface area contributed by atoms with Crippen LogP contribution in [0.3, 0.4) is 0 Å². The first kappa shape index (κ1) is 14.2. The summed E-state index contributed by atoms with van der Waals surface area (Å²) in [5, 5.41) is 3.64. The van der Waals surface area contributed by atoms with Crippen molar-refractivity contribution in [2.75, 3.05) is 13.1 Å². The van der Waals surface area contributed by atoms with Gasteiger partial charge in [-0.3, -0.25) is 9.88 Å². The summed E-state index contributed by atoms with van der Waals surface area (Å²) < 4.78 is 0. The molecule has 110 valence electrons. The number of nitrogens with zero attached hydrogens (tertiary/aromatic N) is 2. The van der Waals surface area contributed by atoms with E-state index in [1.807, 2.05) is 13.0 Å². The quantitative estimate of drug-likeness (QED) is 0.913. The predicted molar refractivity (Wildman–Crippen MR) is 85.9 cm³/mol. The van der Waals surface area contributed by atoms with E-state index in [1.165, 1.54) is 18.5 Å². The monoisotopic (exact) mass is 281 g/mol. The van der Waals surface area contributed by atoms with Gasteiger partial charge in [0.15, 0.2) is 0 Å². The lowest BCUT2D eigenvalue weighted by Crippen LogP contribution is -2.32. The minimum absolute atomic E-state index is 0.580. The number of aromatic nitrogens is 1. The Hall–Kier alpha value is -1.71. The van der Waals surface area contributed by atoms with Crippen LogP contribution in [0, 0.1) is 6.92 Å². The van der Waals surface area contributed by atoms with E-state index in [0.29, 0.717) is 6.04 Å². The summed E-state index contributed by atoms with van der Waals surface area (Å²) in [6.07, 6.45) is 1.22. The maximum atomic E-state index is 4.54. The van der Waals surface area contributed by atoms with E-state index in [-0.39, 0.29) is 0 Å². The number of hydrogen-bond acceptors (Lipinski definition) is 3. The number of aryl methyl sites for hydroxylation is 1. The van der Waals surface area contributed by atoms with Crippen molar-refractivity contribution in [3.05, 3.63) is 65.5 Å². The molecule has 1 aliphatic heterocycles. The first-order chi connectivity index (χ1) is 10.3. The normalized spacial score (nSPS) is 19.0. The second kappa shape index (κ2) is 6.83. The minimum Gasteiger partial charge on any atom is -0.307 e. The molecule has 3 rings (SSSR count). The number of pyridine rings is 1. The Morgan fingerprint density at radius 3 is 2.81 bits per heavy atom. The molecule has 1 N–H and O–H groups in total. The van der Waals surface area contributed by atoms with E-state index in [1.54, 1.807) is 0 Å². The molecule has 0 aliphatic carbocycles. The molecule has 1 aliphatic rings. The third-order valence-corrected chi connectivity index (χ3v) is 4.04. The standard InChI is InChI=1S/C18H23N3/c1-15-6-5-9-17(20-15)12-19-18-10-11-21(14-18)13-16-7-3-2-4-8-16/h2-9,18-19H,10-14H2,1H3. The largest absolute Gasteiger partial charge is 0.307 e. The molecule has 0 saturated carbocycles. The number of nitrogens with one attached hydrogen (secondary N) is 1. The van der Waals surface area contributed by atoms with Crippen molar-refractivity contribution in [3.63, 3.8) is 0 Å². The molecule has 0 spiro atoms. The van der Waals surface area contributed by atoms with Gasteiger partial charge < -0.3 is 5.32 Å². The molecule has 1 aromatic carbocycles. The van der Waals surface area contributed by atoms with Crippen LogP contribution in [0.15, 0.2) is 48.5 Å². The molecule has 0 amide bonds. The third kappa shape index (κ3) is 4.13. The Balaban J connectivity index is 1.46. The van der Waals surface area contributed by atoms with Crippen LogP contribution in [0.2, 0.25) is 0 Å². The third-order valence-electron chi connectivity index (χ3n) is 4.04. The van der Waals surface area contributed by atoms with Gasteiger partial charge in [-0.05, 0) is 31.0 Å². The predicted octanol–water partition coefficient (Wildman–Crippen LogP) is 2.75. The van der Waals surface area contributed by atoms with Gasteiger partial charge in [-0.2, -0.15) is 0 Å². The fraction of sp³-hybridized carbons (Fsp3) is 0.389. The summed E-state index contributed by atoms with van der Waals surface area (Å²) in [6, 6.07) is 17.5. The van der Waals surface area contributed by atoms with E-state index >= 15 is 0 Å². The second-order valence-electron chi connectivity index (χ2n) is 5.86. The van der Waals surface area contributed by atoms with Crippen LogP contribution in [0.1, 0.15) is 23.4 Å². The van der Waals surface area contributed by atoms with Crippen molar-refractivity contribution in [1.29, 1.82) is 0 Å². The highest BCUT2D eigenvalue weighted by Gasteiger charge is 2.21. The van der Waals surface area contributed by atoms with Crippen LogP contribution < -0.4 is 5.32 Å². The van der Waals surface area contributed by atoms with Crippen molar-refractivity contribution in [1.82, 2.24) is 15.2 Å². The van der Waals surface area contributed by atoms with Gasteiger partial charge in [0.05, 0.1) is 5.69 Å². The van der Waals surface area contributed by atoms with Crippen LogP contribution in [0.25, 0.3) is 0 Å². The molecule has 1 saturated heterocycles. The zero-order valence-corrected chi connectivity index (χ0v) is 12.6. The Morgan fingerprint density at radius 1 is 1.14 bits per heavy atom. The first-order valence-electron chi connectivity index (χ1n) is 7.72. The smallest absolute Gasteiger partial charge is 0.0544 e. The molecule has 1 aromatic heterocycles. The molecule has 0 radical (unpaired) electrons. The Kier molecular flexibility index (Phi) is 4.63. The number of hydrogen-bond donors (Lipinski definition) is 1. The molecule has 0 bridgehead atoms. The average molecular weight is 281 g/mol. The van der Waals surface area contributed by atoms with Gasteiger partial charge in [0.1, 0.15) is 0 Å². The van der Waals surface area contributed by atoms with Crippen LogP contribution >= 0.6 is 0 Å². The van der Waals surface area contributed by atoms with Crippen LogP contribution in [0.4, 0.5) is 0 Å². The van der Waals surface area contributed by atoms with Crippen molar-refractivity contribution in [2.24, 2.45) is 0 Å². The van der Waals surface area contributed by atoms with Crippen LogP contribution in [-0.4, -0.2) is 29.0 Å². The number of likely N-dealkylation sites (tertiary alicyclic amines) is 1. The molecule has 1 atom stereocenters. The zero-order chi connectivity index (χ0) is 14.5. The van der Waals surface area contributed by atoms with E-state index < -0.39 is 0 Å². The van der Waals surface area contributed by atoms with E-state index in [0.717, 1.165) is 31.0 Å². The molecular formula is C18H23N3. The van der Waals surface area contributed by atoms with Crippen molar-refractivity contribution in [3.8, 4) is 0 Å². The van der Waals surface area contributed by atoms with E-state index in [2.05, 4.69) is 57.7 Å². The van der Waals surface area contributed by atoms with Gasteiger partial charge in [0.2, 0.25) is 0 Å². The van der Waals surface area contributed by atoms with Crippen molar-refractivity contribution >= 4 is 0 Å². The van der Waals surface area contributed by atoms with Crippen LogP contribution in [-0.2, 0) is 13.1 Å². The summed E-state index contributed by atoms with van der Waals surface area (Å²) in [7, 11) is 0. The molecule has 1 fully saturated rings. The Morgan fingerprint density at radius 2 is 2.00 bits per heavy atom. The van der Waals surface area contributed by atoms with Crippen molar-refractivity contribution < 1.29 is 0 Å². The maximum Gasteiger partial charge on any atom is 0.0544 e. The summed E-state index contributed by atoms with van der Waals surface area (Å²) in [5.41, 5.74) is 3.63. The summed E-state index contributed by atoms with van der Waals surface area (Å²) in [5.74, 6) is 0. The second-order valence-corrected chi connectivity index (χ2v) is 5.86. The average Bonchev–Trinajstić information content (AvgIpc) is 2.94.